The Balaban J connectivity index is 2.91. The second kappa shape index (κ2) is 2.85. The summed E-state index contributed by atoms with van der Waals surface area (Å²) in [7, 11) is 0. The summed E-state index contributed by atoms with van der Waals surface area (Å²) in [5.41, 5.74) is -0.109. The summed E-state index contributed by atoms with van der Waals surface area (Å²) < 4.78 is 1.41. The largest absolute Gasteiger partial charge is 0.328 e. The molecular formula is C10H11ClN2O2. The minimum Gasteiger partial charge on any atom is -0.328 e. The number of nitrogens with zero attached hydrogens (tertiary/aromatic N) is 1. The van der Waals surface area contributed by atoms with Crippen molar-refractivity contribution in [3.8, 4) is 0 Å². The van der Waals surface area contributed by atoms with Crippen LogP contribution < -0.4 is 10.9 Å². The molecule has 1 N–H and O–H groups in total. The maximum Gasteiger partial charge on any atom is 0.271 e. The van der Waals surface area contributed by atoms with Crippen molar-refractivity contribution >= 4 is 17.5 Å². The number of nitrogens with one attached hydrogen (secondary N) is 1. The fourth-order valence-electron chi connectivity index (χ4n) is 1.84. The lowest BCUT2D eigenvalue weighted by molar-refractivity contribution is 0.0935. The van der Waals surface area contributed by atoms with Crippen LogP contribution in [0.15, 0.2) is 10.9 Å². The Morgan fingerprint density at radius 3 is 2.60 bits per heavy atom. The molecule has 0 bridgehead atoms. The van der Waals surface area contributed by atoms with Gasteiger partial charge < -0.3 is 5.32 Å². The molecule has 1 aromatic heterocycles. The molecule has 0 saturated heterocycles. The first-order chi connectivity index (χ1) is 6.84. The van der Waals surface area contributed by atoms with Crippen molar-refractivity contribution in [3.05, 3.63) is 32.7 Å². The summed E-state index contributed by atoms with van der Waals surface area (Å²) >= 11 is 5.95. The summed E-state index contributed by atoms with van der Waals surface area (Å²) in [5, 5.41) is 3.02. The van der Waals surface area contributed by atoms with Gasteiger partial charge in [-0.3, -0.25) is 14.2 Å². The molecule has 2 rings (SSSR count). The van der Waals surface area contributed by atoms with E-state index in [2.05, 4.69) is 5.32 Å². The molecule has 0 unspecified atom stereocenters. The van der Waals surface area contributed by atoms with E-state index in [-0.39, 0.29) is 17.2 Å². The summed E-state index contributed by atoms with van der Waals surface area (Å²) in [6.45, 7) is 5.21. The van der Waals surface area contributed by atoms with E-state index < -0.39 is 5.66 Å². The van der Waals surface area contributed by atoms with Crippen LogP contribution in [0.2, 0.25) is 5.02 Å². The van der Waals surface area contributed by atoms with Gasteiger partial charge in [0.25, 0.3) is 11.5 Å². The van der Waals surface area contributed by atoms with Crippen molar-refractivity contribution in [3.63, 3.8) is 0 Å². The lowest BCUT2D eigenvalue weighted by Gasteiger charge is -2.21. The second-order valence-electron chi connectivity index (χ2n) is 4.18. The number of pyridine rings is 1. The van der Waals surface area contributed by atoms with Crippen LogP contribution >= 0.6 is 11.6 Å². The fourth-order valence-corrected chi connectivity index (χ4v) is 2.18. The molecule has 0 aromatic carbocycles. The van der Waals surface area contributed by atoms with E-state index in [4.69, 9.17) is 11.6 Å². The standard InChI is InChI=1S/C10H11ClN2O2/c1-5-4-6(11)7-8(14)12-10(2,3)13(7)9(5)15/h4H,1-3H3,(H,12,14). The third-order valence-corrected chi connectivity index (χ3v) is 2.82. The third kappa shape index (κ3) is 1.28. The summed E-state index contributed by atoms with van der Waals surface area (Å²) in [6.07, 6.45) is 0. The van der Waals surface area contributed by atoms with E-state index in [1.807, 2.05) is 0 Å². The number of aryl methyl sites for hydroxylation is 1. The van der Waals surface area contributed by atoms with E-state index in [9.17, 15) is 9.59 Å². The molecule has 15 heavy (non-hydrogen) atoms. The van der Waals surface area contributed by atoms with Crippen molar-refractivity contribution in [2.45, 2.75) is 26.4 Å². The number of aromatic nitrogens is 1. The van der Waals surface area contributed by atoms with Gasteiger partial charge in [-0.15, -0.1) is 0 Å². The van der Waals surface area contributed by atoms with Crippen molar-refractivity contribution in [2.24, 2.45) is 0 Å². The summed E-state index contributed by atoms with van der Waals surface area (Å²) in [6, 6.07) is 1.52. The van der Waals surface area contributed by atoms with E-state index in [1.54, 1.807) is 20.8 Å². The first-order valence-electron chi connectivity index (χ1n) is 4.60. The van der Waals surface area contributed by atoms with Crippen LogP contribution in [0.4, 0.5) is 0 Å². The van der Waals surface area contributed by atoms with Gasteiger partial charge in [-0.05, 0) is 26.8 Å². The highest BCUT2D eigenvalue weighted by molar-refractivity contribution is 6.33. The highest BCUT2D eigenvalue weighted by Crippen LogP contribution is 2.26. The van der Waals surface area contributed by atoms with Crippen LogP contribution in [-0.2, 0) is 5.66 Å². The predicted octanol–water partition coefficient (Wildman–Crippen LogP) is 1.25. The van der Waals surface area contributed by atoms with Crippen LogP contribution in [0.5, 0.6) is 0 Å². The first kappa shape index (κ1) is 10.2. The maximum atomic E-state index is 11.9. The average molecular weight is 227 g/mol. The predicted molar refractivity (Wildman–Crippen MR) is 57.2 cm³/mol. The zero-order valence-corrected chi connectivity index (χ0v) is 9.47. The number of hydrogen-bond donors (Lipinski definition) is 1. The Kier molecular flexibility index (Phi) is 1.95. The Hall–Kier alpha value is -1.29. The Morgan fingerprint density at radius 2 is 2.00 bits per heavy atom. The Labute approximate surface area is 91.9 Å². The van der Waals surface area contributed by atoms with Gasteiger partial charge in [-0.2, -0.15) is 0 Å². The molecule has 4 nitrogen and oxygen atoms in total. The number of rotatable bonds is 0. The van der Waals surface area contributed by atoms with Gasteiger partial charge in [0.15, 0.2) is 0 Å². The molecular weight excluding hydrogens is 216 g/mol. The molecule has 0 radical (unpaired) electrons. The van der Waals surface area contributed by atoms with E-state index >= 15 is 0 Å². The molecule has 1 amide bonds. The van der Waals surface area contributed by atoms with Crippen LogP contribution in [0.25, 0.3) is 0 Å². The quantitative estimate of drug-likeness (QED) is 0.724. The van der Waals surface area contributed by atoms with Crippen molar-refractivity contribution < 1.29 is 4.79 Å². The average Bonchev–Trinajstić information content (AvgIpc) is 2.32. The third-order valence-electron chi connectivity index (χ3n) is 2.53. The minimum absolute atomic E-state index is 0.183. The number of fused-ring (bicyclic) bond motifs is 1. The highest BCUT2D eigenvalue weighted by atomic mass is 35.5. The molecule has 5 heteroatoms. The molecule has 0 saturated carbocycles. The van der Waals surface area contributed by atoms with Crippen molar-refractivity contribution in [2.75, 3.05) is 0 Å². The molecule has 0 aliphatic carbocycles. The first-order valence-corrected chi connectivity index (χ1v) is 4.97. The molecule has 0 fully saturated rings. The monoisotopic (exact) mass is 226 g/mol. The Bertz CT molecular complexity index is 517. The number of halogens is 1. The second-order valence-corrected chi connectivity index (χ2v) is 4.58. The van der Waals surface area contributed by atoms with Crippen LogP contribution in [0.1, 0.15) is 29.9 Å². The van der Waals surface area contributed by atoms with E-state index in [0.29, 0.717) is 10.6 Å². The molecule has 1 aliphatic rings. The molecule has 2 heterocycles. The lowest BCUT2D eigenvalue weighted by atomic mass is 10.2. The molecule has 0 atom stereocenters. The van der Waals surface area contributed by atoms with Gasteiger partial charge in [0.2, 0.25) is 0 Å². The van der Waals surface area contributed by atoms with E-state index in [1.165, 1.54) is 10.6 Å². The SMILES string of the molecule is Cc1cc(Cl)c2n(c1=O)C(C)(C)NC2=O. The fraction of sp³-hybridized carbons (Fsp3) is 0.400. The van der Waals surface area contributed by atoms with Crippen molar-refractivity contribution in [1.82, 2.24) is 9.88 Å². The van der Waals surface area contributed by atoms with E-state index in [0.717, 1.165) is 0 Å². The van der Waals surface area contributed by atoms with Crippen molar-refractivity contribution in [1.29, 1.82) is 0 Å². The smallest absolute Gasteiger partial charge is 0.271 e. The summed E-state index contributed by atoms with van der Waals surface area (Å²) in [4.78, 5) is 23.5. The van der Waals surface area contributed by atoms with Gasteiger partial charge in [0.05, 0.1) is 5.02 Å². The maximum absolute atomic E-state index is 11.9. The number of carbonyl (C=O) groups is 1. The van der Waals surface area contributed by atoms with Gasteiger partial charge >= 0.3 is 0 Å². The zero-order valence-electron chi connectivity index (χ0n) is 8.72. The highest BCUT2D eigenvalue weighted by Gasteiger charge is 2.37. The topological polar surface area (TPSA) is 51.1 Å². The van der Waals surface area contributed by atoms with Crippen LogP contribution in [-0.4, -0.2) is 10.5 Å². The number of amides is 1. The van der Waals surface area contributed by atoms with Gasteiger partial charge in [0.1, 0.15) is 11.4 Å². The van der Waals surface area contributed by atoms with Gasteiger partial charge in [-0.1, -0.05) is 11.6 Å². The molecule has 80 valence electrons. The Morgan fingerprint density at radius 1 is 1.40 bits per heavy atom. The van der Waals surface area contributed by atoms with Gasteiger partial charge in [0, 0.05) is 5.56 Å². The number of hydrogen-bond acceptors (Lipinski definition) is 2. The van der Waals surface area contributed by atoms with Gasteiger partial charge in [-0.25, -0.2) is 0 Å². The molecule has 0 spiro atoms. The molecule has 1 aliphatic heterocycles. The van der Waals surface area contributed by atoms with Crippen LogP contribution in [0.3, 0.4) is 0 Å². The summed E-state index contributed by atoms with van der Waals surface area (Å²) in [5.74, 6) is -0.304. The number of carbonyl (C=O) groups excluding carboxylic acids is 1. The lowest BCUT2D eigenvalue weighted by Crippen LogP contribution is -2.42. The zero-order chi connectivity index (χ0) is 11.4. The van der Waals surface area contributed by atoms with Crippen LogP contribution in [0, 0.1) is 6.92 Å². The molecule has 1 aromatic rings. The minimum atomic E-state index is -0.709. The normalized spacial score (nSPS) is 17.5.